The molecule has 4 rings (SSSR count). The Hall–Kier alpha value is -3.30. The molecule has 29 heavy (non-hydrogen) atoms. The Kier molecular flexibility index (Phi) is 5.50. The number of carbonyl (C=O) groups excluding carboxylic acids is 1. The van der Waals surface area contributed by atoms with Gasteiger partial charge < -0.3 is 4.42 Å². The van der Waals surface area contributed by atoms with Gasteiger partial charge in [0.15, 0.2) is 15.7 Å². The molecule has 0 aliphatic carbocycles. The molecule has 0 spiro atoms. The minimum Gasteiger partial charge on any atom is -0.459 e. The van der Waals surface area contributed by atoms with Gasteiger partial charge in [-0.3, -0.25) is 19.8 Å². The number of rotatable bonds is 7. The van der Waals surface area contributed by atoms with Crippen molar-refractivity contribution in [1.29, 1.82) is 0 Å². The number of hydrogen-bond acceptors (Lipinski definition) is 6. The van der Waals surface area contributed by atoms with Crippen LogP contribution in [0.4, 0.5) is 5.13 Å². The Labute approximate surface area is 175 Å². The zero-order valence-corrected chi connectivity index (χ0v) is 16.9. The molecule has 1 amide bonds. The van der Waals surface area contributed by atoms with Crippen LogP contribution in [-0.2, 0) is 13.0 Å². The number of H-pyrrole nitrogens is 1. The third-order valence-corrected chi connectivity index (χ3v) is 5.33. The van der Waals surface area contributed by atoms with E-state index < -0.39 is 0 Å². The van der Waals surface area contributed by atoms with Crippen molar-refractivity contribution in [2.24, 2.45) is 0 Å². The van der Waals surface area contributed by atoms with Gasteiger partial charge in [0, 0.05) is 17.5 Å². The minimum absolute atomic E-state index is 0.250. The molecule has 0 aliphatic rings. The predicted octanol–water partition coefficient (Wildman–Crippen LogP) is 4.69. The van der Waals surface area contributed by atoms with E-state index in [0.717, 1.165) is 22.6 Å². The van der Waals surface area contributed by atoms with Gasteiger partial charge in [0.05, 0.1) is 18.4 Å². The number of furan rings is 1. The summed E-state index contributed by atoms with van der Waals surface area (Å²) in [7, 11) is 0. The van der Waals surface area contributed by atoms with E-state index in [1.165, 1.54) is 17.6 Å². The van der Waals surface area contributed by atoms with Crippen LogP contribution in [0.25, 0.3) is 11.1 Å². The molecule has 0 aliphatic heterocycles. The van der Waals surface area contributed by atoms with E-state index in [1.807, 2.05) is 40.3 Å². The van der Waals surface area contributed by atoms with E-state index in [-0.39, 0.29) is 11.7 Å². The Morgan fingerprint density at radius 2 is 2.17 bits per heavy atom. The van der Waals surface area contributed by atoms with E-state index in [0.29, 0.717) is 22.9 Å². The van der Waals surface area contributed by atoms with Crippen molar-refractivity contribution in [2.45, 2.75) is 13.0 Å². The first kappa shape index (κ1) is 19.0. The van der Waals surface area contributed by atoms with E-state index in [9.17, 15) is 4.79 Å². The fourth-order valence-electron chi connectivity index (χ4n) is 2.89. The molecule has 0 bridgehead atoms. The summed E-state index contributed by atoms with van der Waals surface area (Å²) in [4.78, 5) is 17.2. The highest BCUT2D eigenvalue weighted by Crippen LogP contribution is 2.26. The number of aromatic amines is 1. The minimum atomic E-state index is -0.343. The molecule has 0 radical (unpaired) electrons. The van der Waals surface area contributed by atoms with Crippen LogP contribution >= 0.6 is 23.6 Å². The van der Waals surface area contributed by atoms with Crippen LogP contribution in [0.1, 0.15) is 22.1 Å². The van der Waals surface area contributed by atoms with E-state index in [1.54, 1.807) is 12.1 Å². The molecule has 2 N–H and O–H groups in total. The second-order valence-corrected chi connectivity index (χ2v) is 7.39. The van der Waals surface area contributed by atoms with E-state index >= 15 is 0 Å². The zero-order chi connectivity index (χ0) is 20.2. The topological polar surface area (TPSA) is 88.7 Å². The van der Waals surface area contributed by atoms with Crippen LogP contribution in [0, 0.1) is 4.77 Å². The number of amides is 1. The second kappa shape index (κ2) is 8.38. The molecular formula is C20H17N5O2S2. The fraction of sp³-hybridized carbons (Fsp3) is 0.100. The lowest BCUT2D eigenvalue weighted by Crippen LogP contribution is -2.12. The molecule has 3 aromatic heterocycles. The monoisotopic (exact) mass is 423 g/mol. The summed E-state index contributed by atoms with van der Waals surface area (Å²) >= 11 is 6.57. The molecule has 0 saturated carbocycles. The highest BCUT2D eigenvalue weighted by Gasteiger charge is 2.18. The maximum absolute atomic E-state index is 12.7. The first-order valence-electron chi connectivity index (χ1n) is 8.79. The molecule has 0 fully saturated rings. The maximum atomic E-state index is 12.7. The third-order valence-electron chi connectivity index (χ3n) is 4.22. The van der Waals surface area contributed by atoms with Gasteiger partial charge in [0.25, 0.3) is 5.91 Å². The van der Waals surface area contributed by atoms with Gasteiger partial charge >= 0.3 is 0 Å². The summed E-state index contributed by atoms with van der Waals surface area (Å²) < 4.78 is 7.82. The van der Waals surface area contributed by atoms with E-state index in [2.05, 4.69) is 27.1 Å². The lowest BCUT2D eigenvalue weighted by Gasteiger charge is -2.03. The SMILES string of the molecule is C=CCn1c(Cc2csc(NC(=O)c3occc3-c3ccccc3)n2)n[nH]c1=S. The van der Waals surface area contributed by atoms with Crippen molar-refractivity contribution in [3.8, 4) is 11.1 Å². The molecule has 0 atom stereocenters. The highest BCUT2D eigenvalue weighted by molar-refractivity contribution is 7.71. The lowest BCUT2D eigenvalue weighted by atomic mass is 10.1. The van der Waals surface area contributed by atoms with Gasteiger partial charge in [-0.2, -0.15) is 5.10 Å². The van der Waals surface area contributed by atoms with Crippen LogP contribution in [0.5, 0.6) is 0 Å². The summed E-state index contributed by atoms with van der Waals surface area (Å²) in [5.74, 6) is 0.666. The smallest absolute Gasteiger partial charge is 0.293 e. The molecule has 4 aromatic rings. The van der Waals surface area contributed by atoms with Crippen molar-refractivity contribution < 1.29 is 9.21 Å². The van der Waals surface area contributed by atoms with Crippen LogP contribution in [0.3, 0.4) is 0 Å². The number of benzene rings is 1. The van der Waals surface area contributed by atoms with Crippen LogP contribution in [0.2, 0.25) is 0 Å². The van der Waals surface area contributed by atoms with Gasteiger partial charge in [-0.25, -0.2) is 4.98 Å². The Balaban J connectivity index is 1.49. The van der Waals surface area contributed by atoms with Crippen molar-refractivity contribution in [3.63, 3.8) is 0 Å². The Morgan fingerprint density at radius 1 is 1.34 bits per heavy atom. The summed E-state index contributed by atoms with van der Waals surface area (Å²) in [5.41, 5.74) is 2.43. The standard InChI is InChI=1S/C20H17N5O2S2/c1-2-9-25-16(23-24-20(25)28)11-14-12-29-19(21-14)22-18(26)17-15(8-10-27-17)13-6-4-3-5-7-13/h2-8,10,12H,1,9,11H2,(H,24,28)(H,21,22,26). The fourth-order valence-corrected chi connectivity index (χ4v) is 3.83. The van der Waals surface area contributed by atoms with Gasteiger partial charge in [-0.05, 0) is 23.8 Å². The quantitative estimate of drug-likeness (QED) is 0.333. The average molecular weight is 424 g/mol. The number of thiazole rings is 1. The van der Waals surface area contributed by atoms with E-state index in [4.69, 9.17) is 16.6 Å². The number of hydrogen-bond donors (Lipinski definition) is 2. The van der Waals surface area contributed by atoms with Crippen molar-refractivity contribution >= 4 is 34.6 Å². The van der Waals surface area contributed by atoms with Crippen molar-refractivity contribution in [2.75, 3.05) is 5.32 Å². The summed E-state index contributed by atoms with van der Waals surface area (Å²) in [6, 6.07) is 11.4. The van der Waals surface area contributed by atoms with Gasteiger partial charge in [0.2, 0.25) is 0 Å². The van der Waals surface area contributed by atoms with Gasteiger partial charge in [0.1, 0.15) is 5.82 Å². The first-order chi connectivity index (χ1) is 14.2. The lowest BCUT2D eigenvalue weighted by molar-refractivity contribution is 0.0997. The number of nitrogens with zero attached hydrogens (tertiary/aromatic N) is 3. The summed E-state index contributed by atoms with van der Waals surface area (Å²) in [6.07, 6.45) is 3.76. The third kappa shape index (κ3) is 4.10. The average Bonchev–Trinajstić information content (AvgIpc) is 3.46. The predicted molar refractivity (Wildman–Crippen MR) is 115 cm³/mol. The van der Waals surface area contributed by atoms with Crippen LogP contribution in [-0.4, -0.2) is 25.7 Å². The molecular weight excluding hydrogens is 406 g/mol. The molecule has 7 nitrogen and oxygen atoms in total. The molecule has 9 heteroatoms. The molecule has 0 saturated heterocycles. The molecule has 1 aromatic carbocycles. The normalized spacial score (nSPS) is 10.8. The van der Waals surface area contributed by atoms with Crippen molar-refractivity contribution in [1.82, 2.24) is 19.7 Å². The number of anilines is 1. The summed E-state index contributed by atoms with van der Waals surface area (Å²) in [5, 5.41) is 12.2. The van der Waals surface area contributed by atoms with Crippen molar-refractivity contribution in [3.05, 3.63) is 82.7 Å². The van der Waals surface area contributed by atoms with Gasteiger partial charge in [-0.1, -0.05) is 36.4 Å². The number of aromatic nitrogens is 4. The molecule has 0 unspecified atom stereocenters. The van der Waals surface area contributed by atoms with Crippen LogP contribution < -0.4 is 5.32 Å². The molecule has 146 valence electrons. The number of allylic oxidation sites excluding steroid dienone is 1. The summed E-state index contributed by atoms with van der Waals surface area (Å²) in [6.45, 7) is 4.30. The number of carbonyl (C=O) groups is 1. The second-order valence-electron chi connectivity index (χ2n) is 6.15. The number of nitrogens with one attached hydrogen (secondary N) is 2. The van der Waals surface area contributed by atoms with Gasteiger partial charge in [-0.15, -0.1) is 17.9 Å². The Morgan fingerprint density at radius 3 is 2.97 bits per heavy atom. The zero-order valence-electron chi connectivity index (χ0n) is 15.3. The Bertz CT molecular complexity index is 1200. The van der Waals surface area contributed by atoms with Crippen LogP contribution in [0.15, 0.2) is 65.1 Å². The highest BCUT2D eigenvalue weighted by atomic mass is 32.1. The first-order valence-corrected chi connectivity index (χ1v) is 10.1. The molecule has 3 heterocycles. The maximum Gasteiger partial charge on any atom is 0.293 e. The largest absolute Gasteiger partial charge is 0.459 e.